The summed E-state index contributed by atoms with van der Waals surface area (Å²) in [6.45, 7) is 0. The number of aromatic nitrogens is 2. The Hall–Kier alpha value is -2.17. The highest BCUT2D eigenvalue weighted by Crippen LogP contribution is 2.27. The van der Waals surface area contributed by atoms with Gasteiger partial charge in [-0.3, -0.25) is 4.79 Å². The Bertz CT molecular complexity index is 846. The molecular weight excluding hydrogens is 335 g/mol. The Labute approximate surface area is 143 Å². The predicted molar refractivity (Wildman–Crippen MR) is 88.8 cm³/mol. The van der Waals surface area contributed by atoms with Crippen LogP contribution >= 0.6 is 23.2 Å². The van der Waals surface area contributed by atoms with Crippen molar-refractivity contribution in [2.24, 2.45) is 0 Å². The summed E-state index contributed by atoms with van der Waals surface area (Å²) in [5, 5.41) is 4.82. The number of ketones is 1. The van der Waals surface area contributed by atoms with Gasteiger partial charge in [-0.05, 0) is 18.2 Å². The summed E-state index contributed by atoms with van der Waals surface area (Å²) in [6.07, 6.45) is 2.25. The largest absolute Gasteiger partial charge is 0.361 e. The average molecular weight is 347 g/mol. The first-order valence-electron chi connectivity index (χ1n) is 6.99. The second-order valence-electron chi connectivity index (χ2n) is 4.92. The summed E-state index contributed by atoms with van der Waals surface area (Å²) in [7, 11) is 0. The minimum absolute atomic E-state index is 0.0845. The van der Waals surface area contributed by atoms with Gasteiger partial charge in [-0.1, -0.05) is 46.6 Å². The van der Waals surface area contributed by atoms with E-state index in [1.807, 2.05) is 18.2 Å². The Kier molecular flexibility index (Phi) is 4.74. The second-order valence-corrected chi connectivity index (χ2v) is 5.69. The summed E-state index contributed by atoms with van der Waals surface area (Å²) in [5.74, 6) is 0.534. The summed E-state index contributed by atoms with van der Waals surface area (Å²) >= 11 is 12.1. The van der Waals surface area contributed by atoms with Crippen LogP contribution in [-0.4, -0.2) is 15.9 Å². The molecule has 0 spiro atoms. The number of aryl methyl sites for hydroxylation is 1. The summed E-state index contributed by atoms with van der Waals surface area (Å²) in [4.78, 5) is 16.1. The van der Waals surface area contributed by atoms with Gasteiger partial charge in [0.15, 0.2) is 5.78 Å². The smallest absolute Gasteiger partial charge is 0.166 e. The lowest BCUT2D eigenvalue weighted by Gasteiger charge is -2.00. The van der Waals surface area contributed by atoms with Gasteiger partial charge in [0, 0.05) is 30.7 Å². The maximum Gasteiger partial charge on any atom is 0.166 e. The molecule has 0 aliphatic carbocycles. The second kappa shape index (κ2) is 6.94. The first-order valence-corrected chi connectivity index (χ1v) is 7.75. The van der Waals surface area contributed by atoms with Crippen LogP contribution in [0.15, 0.2) is 53.2 Å². The molecule has 0 atom stereocenters. The number of halogens is 2. The van der Waals surface area contributed by atoms with Crippen molar-refractivity contribution in [1.29, 1.82) is 0 Å². The lowest BCUT2D eigenvalue weighted by molar-refractivity contribution is 0.0980. The van der Waals surface area contributed by atoms with Crippen molar-refractivity contribution in [3.63, 3.8) is 0 Å². The van der Waals surface area contributed by atoms with E-state index < -0.39 is 0 Å². The van der Waals surface area contributed by atoms with E-state index in [1.165, 1.54) is 0 Å². The number of carbonyl (C=O) groups is 1. The third-order valence-corrected chi connectivity index (χ3v) is 4.00. The molecule has 0 fully saturated rings. The quantitative estimate of drug-likeness (QED) is 0.489. The molecule has 0 aliphatic heterocycles. The predicted octanol–water partition coefficient (Wildman–Crippen LogP) is 4.86. The molecule has 0 bridgehead atoms. The van der Waals surface area contributed by atoms with Gasteiger partial charge in [0.05, 0.1) is 10.6 Å². The van der Waals surface area contributed by atoms with Crippen LogP contribution in [0.3, 0.4) is 0 Å². The highest BCUT2D eigenvalue weighted by atomic mass is 35.5. The molecule has 2 aromatic heterocycles. The van der Waals surface area contributed by atoms with Crippen molar-refractivity contribution < 1.29 is 9.32 Å². The molecule has 0 amide bonds. The van der Waals surface area contributed by atoms with Crippen molar-refractivity contribution in [2.75, 3.05) is 0 Å². The number of rotatable bonds is 5. The van der Waals surface area contributed by atoms with Crippen LogP contribution in [-0.2, 0) is 6.42 Å². The van der Waals surface area contributed by atoms with E-state index in [2.05, 4.69) is 10.1 Å². The molecule has 0 saturated heterocycles. The molecule has 6 heteroatoms. The van der Waals surface area contributed by atoms with Crippen LogP contribution in [0, 0.1) is 0 Å². The van der Waals surface area contributed by atoms with Gasteiger partial charge in [0.2, 0.25) is 0 Å². The molecule has 3 aromatic rings. The van der Waals surface area contributed by atoms with Crippen LogP contribution in [0.25, 0.3) is 11.3 Å². The standard InChI is InChI=1S/C17H12Cl2N2O2/c18-14-6-2-1-4-12(14)15-10-11(23-21-15)7-8-16(22)13-5-3-9-20-17(13)19/h1-6,9-10H,7-8H2. The van der Waals surface area contributed by atoms with Gasteiger partial charge in [-0.2, -0.15) is 0 Å². The molecule has 23 heavy (non-hydrogen) atoms. The van der Waals surface area contributed by atoms with Crippen molar-refractivity contribution in [2.45, 2.75) is 12.8 Å². The van der Waals surface area contributed by atoms with E-state index in [0.717, 1.165) is 5.56 Å². The molecular formula is C17H12Cl2N2O2. The molecule has 0 radical (unpaired) electrons. The molecule has 0 unspecified atom stereocenters. The number of carbonyl (C=O) groups excluding carboxylic acids is 1. The maximum atomic E-state index is 12.2. The zero-order valence-corrected chi connectivity index (χ0v) is 13.5. The highest BCUT2D eigenvalue weighted by molar-refractivity contribution is 6.33. The van der Waals surface area contributed by atoms with E-state index in [-0.39, 0.29) is 17.4 Å². The van der Waals surface area contributed by atoms with E-state index in [0.29, 0.717) is 28.5 Å². The van der Waals surface area contributed by atoms with Gasteiger partial charge in [-0.15, -0.1) is 0 Å². The van der Waals surface area contributed by atoms with E-state index in [1.54, 1.807) is 30.5 Å². The monoisotopic (exact) mass is 346 g/mol. The SMILES string of the molecule is O=C(CCc1cc(-c2ccccc2Cl)no1)c1cccnc1Cl. The number of hydrogen-bond donors (Lipinski definition) is 0. The number of nitrogens with zero attached hydrogens (tertiary/aromatic N) is 2. The first kappa shape index (κ1) is 15.7. The summed E-state index contributed by atoms with van der Waals surface area (Å²) < 4.78 is 5.28. The van der Waals surface area contributed by atoms with Crippen molar-refractivity contribution in [3.05, 3.63) is 70.2 Å². The first-order chi connectivity index (χ1) is 11.1. The summed E-state index contributed by atoms with van der Waals surface area (Å²) in [6, 6.07) is 12.5. The third-order valence-electron chi connectivity index (χ3n) is 3.37. The number of pyridine rings is 1. The van der Waals surface area contributed by atoms with Gasteiger partial charge < -0.3 is 4.52 Å². The lowest BCUT2D eigenvalue weighted by atomic mass is 10.1. The molecule has 2 heterocycles. The van der Waals surface area contributed by atoms with Crippen LogP contribution in [0.5, 0.6) is 0 Å². The maximum absolute atomic E-state index is 12.2. The van der Waals surface area contributed by atoms with Crippen LogP contribution < -0.4 is 0 Å². The fourth-order valence-corrected chi connectivity index (χ4v) is 2.65. The minimum Gasteiger partial charge on any atom is -0.361 e. The fourth-order valence-electron chi connectivity index (χ4n) is 2.19. The van der Waals surface area contributed by atoms with Crippen molar-refractivity contribution in [3.8, 4) is 11.3 Å². The molecule has 1 aromatic carbocycles. The Morgan fingerprint density at radius 1 is 1.13 bits per heavy atom. The molecule has 4 nitrogen and oxygen atoms in total. The molecule has 3 rings (SSSR count). The molecule has 0 aliphatic rings. The Balaban J connectivity index is 1.70. The van der Waals surface area contributed by atoms with E-state index in [9.17, 15) is 4.79 Å². The van der Waals surface area contributed by atoms with Crippen LogP contribution in [0.1, 0.15) is 22.5 Å². The molecule has 0 N–H and O–H groups in total. The molecule has 0 saturated carbocycles. The normalized spacial score (nSPS) is 10.7. The zero-order chi connectivity index (χ0) is 16.2. The minimum atomic E-state index is -0.0845. The number of hydrogen-bond acceptors (Lipinski definition) is 4. The molecule has 116 valence electrons. The number of benzene rings is 1. The average Bonchev–Trinajstić information content (AvgIpc) is 3.02. The zero-order valence-electron chi connectivity index (χ0n) is 12.0. The van der Waals surface area contributed by atoms with Crippen molar-refractivity contribution >= 4 is 29.0 Å². The van der Waals surface area contributed by atoms with Gasteiger partial charge >= 0.3 is 0 Å². The number of Topliss-reactive ketones (excluding diaryl/α,β-unsaturated/α-hetero) is 1. The lowest BCUT2D eigenvalue weighted by Crippen LogP contribution is -2.02. The van der Waals surface area contributed by atoms with Gasteiger partial charge in [-0.25, -0.2) is 4.98 Å². The fraction of sp³-hybridized carbons (Fsp3) is 0.118. The van der Waals surface area contributed by atoms with E-state index in [4.69, 9.17) is 27.7 Å². The van der Waals surface area contributed by atoms with Crippen LogP contribution in [0.4, 0.5) is 0 Å². The highest BCUT2D eigenvalue weighted by Gasteiger charge is 2.14. The van der Waals surface area contributed by atoms with Gasteiger partial charge in [0.25, 0.3) is 0 Å². The van der Waals surface area contributed by atoms with Crippen molar-refractivity contribution in [1.82, 2.24) is 10.1 Å². The van der Waals surface area contributed by atoms with Gasteiger partial charge in [0.1, 0.15) is 16.6 Å². The summed E-state index contributed by atoms with van der Waals surface area (Å²) in [5.41, 5.74) is 1.86. The van der Waals surface area contributed by atoms with Crippen LogP contribution in [0.2, 0.25) is 10.2 Å². The Morgan fingerprint density at radius 3 is 2.74 bits per heavy atom. The third kappa shape index (κ3) is 3.60. The Morgan fingerprint density at radius 2 is 1.96 bits per heavy atom. The topological polar surface area (TPSA) is 56.0 Å². The van der Waals surface area contributed by atoms with E-state index >= 15 is 0 Å².